The molecule has 0 bridgehead atoms. The molecule has 2 aromatic rings. The smallest absolute Gasteiger partial charge is 0.243 e. The Bertz CT molecular complexity index is 1670. The van der Waals surface area contributed by atoms with E-state index in [0.29, 0.717) is 36.1 Å². The number of rotatable bonds is 20. The van der Waals surface area contributed by atoms with Crippen LogP contribution >= 0.6 is 0 Å². The Morgan fingerprint density at radius 1 is 0.764 bits per heavy atom. The minimum absolute atomic E-state index is 0.0167. The third-order valence-electron chi connectivity index (χ3n) is 9.28. The maximum absolute atomic E-state index is 14.4. The predicted octanol–water partition coefficient (Wildman–Crippen LogP) is 0.715. The van der Waals surface area contributed by atoms with Crippen molar-refractivity contribution in [3.8, 4) is 0 Å². The molecule has 0 aromatic heterocycles. The van der Waals surface area contributed by atoms with Gasteiger partial charge in [0, 0.05) is 32.4 Å². The molecule has 0 heterocycles. The van der Waals surface area contributed by atoms with Crippen molar-refractivity contribution in [2.24, 2.45) is 44.6 Å². The number of carbonyl (C=O) groups excluding carboxylic acids is 5. The largest absolute Gasteiger partial charge is 0.370 e. The van der Waals surface area contributed by atoms with E-state index in [-0.39, 0.29) is 62.0 Å². The standard InChI is InChI=1S/C38H56FN11O5/c1-22(2)19-30(34(53)47-29(33(40)52)9-6-18-45-37(41)42)48-35(54)31(20-24-12-16-27(17-13-24)46-38(43)44)49-36(55)32(21-25-10-14-26(39)15-11-25)50(23(3)51)28-7-4-5-8-28/h10-17,22,28-32H,4-9,18-21H2,1-3H3,(H2,40,52)(H,47,53)(H,48,54)(H,49,55)(H4,41,42,45)(H4,43,44,46)/t29-,30-,31-,32-/m0/s1. The van der Waals surface area contributed by atoms with Crippen molar-refractivity contribution < 1.29 is 28.4 Å². The van der Waals surface area contributed by atoms with E-state index in [4.69, 9.17) is 28.7 Å². The van der Waals surface area contributed by atoms with Crippen LogP contribution in [0.25, 0.3) is 0 Å². The number of guanidine groups is 2. The fraction of sp³-hybridized carbons (Fsp3) is 0.500. The monoisotopic (exact) mass is 765 g/mol. The molecule has 0 aliphatic heterocycles. The first-order valence-electron chi connectivity index (χ1n) is 18.5. The minimum atomic E-state index is -1.23. The third-order valence-corrected chi connectivity index (χ3v) is 9.28. The molecule has 0 spiro atoms. The Morgan fingerprint density at radius 2 is 1.31 bits per heavy atom. The Balaban J connectivity index is 1.96. The molecule has 55 heavy (non-hydrogen) atoms. The van der Waals surface area contributed by atoms with Crippen molar-refractivity contribution in [1.82, 2.24) is 20.9 Å². The van der Waals surface area contributed by atoms with Gasteiger partial charge < -0.3 is 49.5 Å². The number of primary amides is 1. The van der Waals surface area contributed by atoms with E-state index in [9.17, 15) is 28.4 Å². The number of halogens is 1. The van der Waals surface area contributed by atoms with E-state index < -0.39 is 53.6 Å². The van der Waals surface area contributed by atoms with Crippen molar-refractivity contribution >= 4 is 47.1 Å². The summed E-state index contributed by atoms with van der Waals surface area (Å²) in [5.74, 6) is -3.75. The predicted molar refractivity (Wildman–Crippen MR) is 209 cm³/mol. The molecule has 13 N–H and O–H groups in total. The van der Waals surface area contributed by atoms with Crippen molar-refractivity contribution in [2.75, 3.05) is 6.54 Å². The molecule has 3 rings (SSSR count). The molecule has 0 unspecified atom stereocenters. The number of carbonyl (C=O) groups is 5. The van der Waals surface area contributed by atoms with Gasteiger partial charge in [-0.1, -0.05) is 51.0 Å². The molecule has 17 heteroatoms. The van der Waals surface area contributed by atoms with Crippen LogP contribution in [0.5, 0.6) is 0 Å². The lowest BCUT2D eigenvalue weighted by Gasteiger charge is -2.36. The number of hydrogen-bond acceptors (Lipinski definition) is 7. The quantitative estimate of drug-likeness (QED) is 0.0535. The van der Waals surface area contributed by atoms with Crippen LogP contribution in [0.4, 0.5) is 10.1 Å². The van der Waals surface area contributed by atoms with Crippen LogP contribution in [-0.4, -0.2) is 83.1 Å². The summed E-state index contributed by atoms with van der Waals surface area (Å²) in [4.78, 5) is 77.3. The van der Waals surface area contributed by atoms with Crippen LogP contribution in [0.1, 0.15) is 76.8 Å². The number of nitrogens with two attached hydrogens (primary N) is 5. The third kappa shape index (κ3) is 14.5. The van der Waals surface area contributed by atoms with Gasteiger partial charge in [0.05, 0.1) is 5.69 Å². The van der Waals surface area contributed by atoms with E-state index in [0.717, 1.165) is 12.8 Å². The average Bonchev–Trinajstić information content (AvgIpc) is 3.64. The van der Waals surface area contributed by atoms with E-state index in [1.807, 2.05) is 13.8 Å². The Kier molecular flexibility index (Phi) is 16.9. The Morgan fingerprint density at radius 3 is 1.85 bits per heavy atom. The number of amides is 5. The zero-order valence-corrected chi connectivity index (χ0v) is 31.8. The second kappa shape index (κ2) is 21.2. The summed E-state index contributed by atoms with van der Waals surface area (Å²) in [6.45, 7) is 5.35. The molecule has 5 amide bonds. The van der Waals surface area contributed by atoms with E-state index in [1.165, 1.54) is 19.1 Å². The molecule has 1 aliphatic carbocycles. The molecule has 0 radical (unpaired) electrons. The van der Waals surface area contributed by atoms with Gasteiger partial charge >= 0.3 is 0 Å². The molecule has 300 valence electrons. The molecule has 4 atom stereocenters. The SMILES string of the molecule is CC(=O)N(C1CCCC1)[C@@H](Cc1ccc(F)cc1)C(=O)N[C@@H](Cc1ccc(N=C(N)N)cc1)C(=O)N[C@@H](CC(C)C)C(=O)N[C@@H](CCCN=C(N)N)C(N)=O. The number of nitrogens with zero attached hydrogens (tertiary/aromatic N) is 3. The van der Waals surface area contributed by atoms with Gasteiger partial charge in [0.25, 0.3) is 0 Å². The lowest BCUT2D eigenvalue weighted by atomic mass is 9.98. The van der Waals surface area contributed by atoms with Crippen molar-refractivity contribution in [3.63, 3.8) is 0 Å². The fourth-order valence-electron chi connectivity index (χ4n) is 6.68. The summed E-state index contributed by atoms with van der Waals surface area (Å²) in [7, 11) is 0. The van der Waals surface area contributed by atoms with Crippen LogP contribution in [0.15, 0.2) is 58.5 Å². The lowest BCUT2D eigenvalue weighted by Crippen LogP contribution is -2.60. The molecule has 0 saturated heterocycles. The lowest BCUT2D eigenvalue weighted by molar-refractivity contribution is -0.142. The molecule has 16 nitrogen and oxygen atoms in total. The summed E-state index contributed by atoms with van der Waals surface area (Å²) < 4.78 is 13.8. The zero-order valence-electron chi connectivity index (χ0n) is 31.8. The van der Waals surface area contributed by atoms with Gasteiger partial charge in [0.15, 0.2) is 11.9 Å². The molecule has 1 saturated carbocycles. The highest BCUT2D eigenvalue weighted by molar-refractivity contribution is 5.95. The van der Waals surface area contributed by atoms with Crippen LogP contribution in [0.3, 0.4) is 0 Å². The van der Waals surface area contributed by atoms with E-state index in [1.54, 1.807) is 41.3 Å². The maximum Gasteiger partial charge on any atom is 0.243 e. The Labute approximate surface area is 321 Å². The summed E-state index contributed by atoms with van der Waals surface area (Å²) >= 11 is 0. The average molecular weight is 766 g/mol. The molecule has 1 aliphatic rings. The van der Waals surface area contributed by atoms with E-state index >= 15 is 0 Å². The molecular formula is C38H56FN11O5. The summed E-state index contributed by atoms with van der Waals surface area (Å²) in [6.07, 6.45) is 3.96. The number of nitrogens with one attached hydrogen (secondary N) is 3. The fourth-order valence-corrected chi connectivity index (χ4v) is 6.68. The van der Waals surface area contributed by atoms with Crippen LogP contribution in [0, 0.1) is 11.7 Å². The molecular weight excluding hydrogens is 709 g/mol. The van der Waals surface area contributed by atoms with Crippen molar-refractivity contribution in [2.45, 2.75) is 109 Å². The van der Waals surface area contributed by atoms with Crippen LogP contribution in [-0.2, 0) is 36.8 Å². The normalized spacial score (nSPS) is 14.9. The summed E-state index contributed by atoms with van der Waals surface area (Å²) in [6, 6.07) is 7.73. The highest BCUT2D eigenvalue weighted by Crippen LogP contribution is 2.27. The second-order valence-electron chi connectivity index (χ2n) is 14.3. The molecule has 1 fully saturated rings. The Hall–Kier alpha value is -5.74. The van der Waals surface area contributed by atoms with Crippen LogP contribution < -0.4 is 44.6 Å². The number of aliphatic imine (C=N–C) groups is 2. The van der Waals surface area contributed by atoms with Crippen molar-refractivity contribution in [3.05, 3.63) is 65.5 Å². The second-order valence-corrected chi connectivity index (χ2v) is 14.3. The summed E-state index contributed by atoms with van der Waals surface area (Å²) in [5.41, 5.74) is 29.1. The number of hydrogen-bond donors (Lipinski definition) is 8. The van der Waals surface area contributed by atoms with Gasteiger partial charge in [0.1, 0.15) is 30.0 Å². The van der Waals surface area contributed by atoms with Gasteiger partial charge in [-0.05, 0) is 73.4 Å². The van der Waals surface area contributed by atoms with E-state index in [2.05, 4.69) is 25.9 Å². The van der Waals surface area contributed by atoms with Crippen molar-refractivity contribution in [1.29, 1.82) is 0 Å². The minimum Gasteiger partial charge on any atom is -0.370 e. The first kappa shape index (κ1) is 43.7. The maximum atomic E-state index is 14.4. The van der Waals surface area contributed by atoms with Gasteiger partial charge in [-0.15, -0.1) is 0 Å². The number of benzene rings is 2. The van der Waals surface area contributed by atoms with Gasteiger partial charge in [-0.2, -0.15) is 0 Å². The highest BCUT2D eigenvalue weighted by Gasteiger charge is 2.37. The van der Waals surface area contributed by atoms with Gasteiger partial charge in [-0.25, -0.2) is 9.38 Å². The molecule has 2 aromatic carbocycles. The van der Waals surface area contributed by atoms with Gasteiger partial charge in [0.2, 0.25) is 29.5 Å². The highest BCUT2D eigenvalue weighted by atomic mass is 19.1. The first-order chi connectivity index (χ1) is 26.0. The van der Waals surface area contributed by atoms with Crippen LogP contribution in [0.2, 0.25) is 0 Å². The zero-order chi connectivity index (χ0) is 40.7. The topological polar surface area (TPSA) is 280 Å². The first-order valence-corrected chi connectivity index (χ1v) is 18.5. The summed E-state index contributed by atoms with van der Waals surface area (Å²) in [5, 5.41) is 8.31. The van der Waals surface area contributed by atoms with Gasteiger partial charge in [-0.3, -0.25) is 29.0 Å².